The molecule has 2 saturated heterocycles. The Kier molecular flexibility index (Phi) is 4.14. The van der Waals surface area contributed by atoms with Gasteiger partial charge >= 0.3 is 6.03 Å². The van der Waals surface area contributed by atoms with E-state index in [0.717, 1.165) is 16.9 Å². The van der Waals surface area contributed by atoms with Crippen LogP contribution in [0.25, 0.3) is 0 Å². The molecule has 2 fully saturated rings. The number of hydrogen-bond acceptors (Lipinski definition) is 3. The lowest BCUT2D eigenvalue weighted by Gasteiger charge is -2.34. The molecular weight excluding hydrogens is 424 g/mol. The Morgan fingerprint density at radius 2 is 1.62 bits per heavy atom. The molecule has 160 valence electrons. The van der Waals surface area contributed by atoms with Gasteiger partial charge in [0.05, 0.1) is 18.3 Å². The third-order valence-electron chi connectivity index (χ3n) is 7.16. The third kappa shape index (κ3) is 2.46. The first-order valence-corrected chi connectivity index (χ1v) is 11.1. The first-order valence-electron chi connectivity index (χ1n) is 10.7. The van der Waals surface area contributed by atoms with Gasteiger partial charge < -0.3 is 9.64 Å². The molecule has 6 heteroatoms. The molecule has 4 atom stereocenters. The highest BCUT2D eigenvalue weighted by Crippen LogP contribution is 2.61. The van der Waals surface area contributed by atoms with Crippen LogP contribution in [-0.4, -0.2) is 29.0 Å². The number of para-hydroxylation sites is 1. The molecule has 0 N–H and O–H groups in total. The van der Waals surface area contributed by atoms with Crippen LogP contribution in [0.2, 0.25) is 5.02 Å². The molecule has 3 heterocycles. The van der Waals surface area contributed by atoms with E-state index in [0.29, 0.717) is 17.3 Å². The SMILES string of the molecule is C[C@@]12C(=O)N(c3ccc(Cl)cc3)C(=O)N1[C@@H]1c3ccccc3OC[C@@H]1[C@H]2c1ccccc1. The highest BCUT2D eigenvalue weighted by atomic mass is 35.5. The molecule has 3 amide bonds. The maximum absolute atomic E-state index is 14.0. The minimum Gasteiger partial charge on any atom is -0.493 e. The summed E-state index contributed by atoms with van der Waals surface area (Å²) in [5, 5.41) is 0.556. The smallest absolute Gasteiger partial charge is 0.332 e. The van der Waals surface area contributed by atoms with Crippen LogP contribution >= 0.6 is 11.6 Å². The van der Waals surface area contributed by atoms with E-state index < -0.39 is 5.54 Å². The van der Waals surface area contributed by atoms with Crippen molar-refractivity contribution in [2.45, 2.75) is 24.4 Å². The van der Waals surface area contributed by atoms with Gasteiger partial charge in [-0.1, -0.05) is 60.1 Å². The summed E-state index contributed by atoms with van der Waals surface area (Å²) in [6, 6.07) is 24.1. The van der Waals surface area contributed by atoms with E-state index in [1.54, 1.807) is 29.2 Å². The Balaban J connectivity index is 1.56. The fraction of sp³-hybridized carbons (Fsp3) is 0.231. The van der Waals surface area contributed by atoms with Crippen molar-refractivity contribution in [1.82, 2.24) is 4.90 Å². The predicted octanol–water partition coefficient (Wildman–Crippen LogP) is 5.41. The molecule has 0 unspecified atom stereocenters. The van der Waals surface area contributed by atoms with E-state index in [9.17, 15) is 9.59 Å². The Labute approximate surface area is 191 Å². The van der Waals surface area contributed by atoms with Crippen molar-refractivity contribution in [1.29, 1.82) is 0 Å². The van der Waals surface area contributed by atoms with Crippen LogP contribution in [0, 0.1) is 5.92 Å². The summed E-state index contributed by atoms with van der Waals surface area (Å²) in [5.41, 5.74) is 1.49. The molecule has 0 spiro atoms. The second-order valence-electron chi connectivity index (χ2n) is 8.76. The van der Waals surface area contributed by atoms with Crippen LogP contribution in [0.5, 0.6) is 5.75 Å². The zero-order chi connectivity index (χ0) is 22.0. The molecule has 3 aromatic rings. The van der Waals surface area contributed by atoms with Crippen molar-refractivity contribution in [2.75, 3.05) is 11.5 Å². The molecule has 32 heavy (non-hydrogen) atoms. The number of rotatable bonds is 2. The van der Waals surface area contributed by atoms with Crippen molar-refractivity contribution < 1.29 is 14.3 Å². The molecule has 3 aliphatic rings. The van der Waals surface area contributed by atoms with Gasteiger partial charge in [-0.05, 0) is 42.8 Å². The highest BCUT2D eigenvalue weighted by Gasteiger charge is 2.70. The number of carbonyl (C=O) groups excluding carboxylic acids is 2. The largest absolute Gasteiger partial charge is 0.493 e. The minimum absolute atomic E-state index is 0.0300. The zero-order valence-corrected chi connectivity index (χ0v) is 18.2. The van der Waals surface area contributed by atoms with Gasteiger partial charge in [0.2, 0.25) is 0 Å². The summed E-state index contributed by atoms with van der Waals surface area (Å²) >= 11 is 6.05. The molecule has 3 aromatic carbocycles. The maximum Gasteiger partial charge on any atom is 0.332 e. The van der Waals surface area contributed by atoms with Crippen LogP contribution in [-0.2, 0) is 4.79 Å². The van der Waals surface area contributed by atoms with E-state index in [4.69, 9.17) is 16.3 Å². The molecule has 0 aromatic heterocycles. The van der Waals surface area contributed by atoms with Crippen molar-refractivity contribution in [2.24, 2.45) is 5.92 Å². The molecule has 3 aliphatic heterocycles. The summed E-state index contributed by atoms with van der Waals surface area (Å²) in [6.07, 6.45) is 0. The number of urea groups is 1. The van der Waals surface area contributed by atoms with Gasteiger partial charge in [0.1, 0.15) is 11.3 Å². The summed E-state index contributed by atoms with van der Waals surface area (Å²) in [4.78, 5) is 31.0. The Morgan fingerprint density at radius 3 is 2.38 bits per heavy atom. The number of amides is 3. The lowest BCUT2D eigenvalue weighted by Crippen LogP contribution is -2.46. The molecular formula is C26H21ClN2O3. The molecule has 0 aliphatic carbocycles. The number of fused-ring (bicyclic) bond motifs is 5. The monoisotopic (exact) mass is 444 g/mol. The maximum atomic E-state index is 14.0. The van der Waals surface area contributed by atoms with E-state index >= 15 is 0 Å². The van der Waals surface area contributed by atoms with Crippen LogP contribution in [0.3, 0.4) is 0 Å². The second kappa shape index (κ2) is 6.84. The predicted molar refractivity (Wildman–Crippen MR) is 122 cm³/mol. The normalized spacial score (nSPS) is 28.2. The van der Waals surface area contributed by atoms with Gasteiger partial charge in [-0.15, -0.1) is 0 Å². The summed E-state index contributed by atoms with van der Waals surface area (Å²) in [5.74, 6) is 0.328. The second-order valence-corrected chi connectivity index (χ2v) is 9.20. The van der Waals surface area contributed by atoms with E-state index in [1.807, 2.05) is 61.5 Å². The molecule has 5 nitrogen and oxygen atoms in total. The van der Waals surface area contributed by atoms with Crippen molar-refractivity contribution in [3.8, 4) is 5.75 Å². The van der Waals surface area contributed by atoms with E-state index in [1.165, 1.54) is 4.90 Å². The van der Waals surface area contributed by atoms with Crippen LogP contribution < -0.4 is 9.64 Å². The topological polar surface area (TPSA) is 49.9 Å². The summed E-state index contributed by atoms with van der Waals surface area (Å²) < 4.78 is 6.12. The van der Waals surface area contributed by atoms with Crippen molar-refractivity contribution >= 4 is 29.2 Å². The number of nitrogens with zero attached hydrogens (tertiary/aromatic N) is 2. The Morgan fingerprint density at radius 1 is 0.938 bits per heavy atom. The summed E-state index contributed by atoms with van der Waals surface area (Å²) in [7, 11) is 0. The van der Waals surface area contributed by atoms with Crippen LogP contribution in [0.15, 0.2) is 78.9 Å². The third-order valence-corrected chi connectivity index (χ3v) is 7.42. The van der Waals surface area contributed by atoms with Gasteiger partial charge in [-0.25, -0.2) is 9.69 Å². The molecule has 0 bridgehead atoms. The number of benzene rings is 3. The van der Waals surface area contributed by atoms with Gasteiger partial charge in [0, 0.05) is 22.4 Å². The summed E-state index contributed by atoms with van der Waals surface area (Å²) in [6.45, 7) is 2.36. The lowest BCUT2D eigenvalue weighted by molar-refractivity contribution is -0.124. The number of hydrogen-bond donors (Lipinski definition) is 0. The Bertz CT molecular complexity index is 1230. The standard InChI is InChI=1S/C26H21ClN2O3/c1-26-22(16-7-3-2-4-8-16)20-15-32-21-10-6-5-9-19(21)23(20)29(26)25(31)28(24(26)30)18-13-11-17(27)12-14-18/h2-14,20,22-23H,15H2,1H3/t20-,22-,23-,26-/m1/s1. The van der Waals surface area contributed by atoms with E-state index in [2.05, 4.69) is 0 Å². The average Bonchev–Trinajstić information content (AvgIpc) is 3.20. The molecule has 0 radical (unpaired) electrons. The first kappa shape index (κ1) is 19.4. The van der Waals surface area contributed by atoms with Crippen molar-refractivity contribution in [3.63, 3.8) is 0 Å². The highest BCUT2D eigenvalue weighted by molar-refractivity contribution is 6.31. The first-order chi connectivity index (χ1) is 15.5. The fourth-order valence-corrected chi connectivity index (χ4v) is 5.98. The van der Waals surface area contributed by atoms with Gasteiger partial charge in [0.25, 0.3) is 5.91 Å². The quantitative estimate of drug-likeness (QED) is 0.496. The number of halogens is 1. The lowest BCUT2D eigenvalue weighted by atomic mass is 9.73. The molecule has 6 rings (SSSR count). The molecule has 0 saturated carbocycles. The number of anilines is 1. The number of imide groups is 1. The Hall–Kier alpha value is -3.31. The van der Waals surface area contributed by atoms with Crippen molar-refractivity contribution in [3.05, 3.63) is 95.0 Å². The number of ether oxygens (including phenoxy) is 1. The van der Waals surface area contributed by atoms with Gasteiger partial charge in [-0.2, -0.15) is 0 Å². The minimum atomic E-state index is -1.03. The van der Waals surface area contributed by atoms with Gasteiger partial charge in [0.15, 0.2) is 0 Å². The van der Waals surface area contributed by atoms with E-state index in [-0.39, 0.29) is 29.8 Å². The average molecular weight is 445 g/mol. The van der Waals surface area contributed by atoms with Crippen LogP contribution in [0.4, 0.5) is 10.5 Å². The fourth-order valence-electron chi connectivity index (χ4n) is 5.85. The van der Waals surface area contributed by atoms with Gasteiger partial charge in [-0.3, -0.25) is 4.79 Å². The van der Waals surface area contributed by atoms with Crippen LogP contribution in [0.1, 0.15) is 30.0 Å². The number of carbonyl (C=O) groups is 2. The zero-order valence-electron chi connectivity index (χ0n) is 17.4.